The van der Waals surface area contributed by atoms with E-state index in [0.717, 1.165) is 0 Å². The molecule has 0 aromatic carbocycles. The maximum atomic E-state index is 9.11. The van der Waals surface area contributed by atoms with Crippen LogP contribution in [0.4, 0.5) is 17.8 Å². The monoisotopic (exact) mass is 242 g/mol. The quantitative estimate of drug-likeness (QED) is 0.431. The zero-order valence-electron chi connectivity index (χ0n) is 9.88. The molecule has 0 spiro atoms. The Morgan fingerprint density at radius 1 is 1.00 bits per heavy atom. The number of anilines is 3. The van der Waals surface area contributed by atoms with Gasteiger partial charge in [0.1, 0.15) is 0 Å². The van der Waals surface area contributed by atoms with Crippen molar-refractivity contribution in [3.05, 3.63) is 0 Å². The molecule has 1 rings (SSSR count). The van der Waals surface area contributed by atoms with Crippen LogP contribution in [0.15, 0.2) is 0 Å². The fraction of sp³-hybridized carbons (Fsp3) is 0.667. The molecule has 2 atom stereocenters. The SMILES string of the molecule is CC(O)CNc1nc(N)nc(NCC(C)O)n1. The van der Waals surface area contributed by atoms with Crippen molar-refractivity contribution in [2.24, 2.45) is 0 Å². The van der Waals surface area contributed by atoms with Crippen LogP contribution in [0.25, 0.3) is 0 Å². The highest BCUT2D eigenvalue weighted by molar-refractivity contribution is 5.39. The van der Waals surface area contributed by atoms with Gasteiger partial charge in [0.25, 0.3) is 0 Å². The number of hydrogen-bond donors (Lipinski definition) is 5. The second kappa shape index (κ2) is 6.16. The summed E-state index contributed by atoms with van der Waals surface area (Å²) in [6.45, 7) is 3.92. The lowest BCUT2D eigenvalue weighted by Crippen LogP contribution is -2.20. The molecule has 0 aliphatic heterocycles. The standard InChI is InChI=1S/C9H18N6O2/c1-5(16)3-11-8-13-7(10)14-9(15-8)12-4-6(2)17/h5-6,16-17H,3-4H2,1-2H3,(H4,10,11,12,13,14,15). The predicted molar refractivity (Wildman–Crippen MR) is 64.6 cm³/mol. The van der Waals surface area contributed by atoms with E-state index < -0.39 is 12.2 Å². The van der Waals surface area contributed by atoms with Gasteiger partial charge in [-0.05, 0) is 13.8 Å². The number of hydrogen-bond acceptors (Lipinski definition) is 8. The molecule has 8 heteroatoms. The Hall–Kier alpha value is -1.67. The first-order chi connectivity index (χ1) is 7.97. The third-order valence-corrected chi connectivity index (χ3v) is 1.76. The third-order valence-electron chi connectivity index (χ3n) is 1.76. The van der Waals surface area contributed by atoms with Gasteiger partial charge in [-0.3, -0.25) is 0 Å². The highest BCUT2D eigenvalue weighted by Crippen LogP contribution is 2.06. The first-order valence-corrected chi connectivity index (χ1v) is 5.33. The average molecular weight is 242 g/mol. The van der Waals surface area contributed by atoms with E-state index in [-0.39, 0.29) is 17.8 Å². The van der Waals surface area contributed by atoms with Crippen molar-refractivity contribution >= 4 is 17.8 Å². The average Bonchev–Trinajstić information content (AvgIpc) is 2.23. The Bertz CT molecular complexity index is 327. The molecule has 2 unspecified atom stereocenters. The molecule has 0 radical (unpaired) electrons. The summed E-state index contributed by atoms with van der Waals surface area (Å²) in [7, 11) is 0. The molecule has 0 bridgehead atoms. The summed E-state index contributed by atoms with van der Waals surface area (Å²) in [5.74, 6) is 0.638. The minimum atomic E-state index is -0.512. The summed E-state index contributed by atoms with van der Waals surface area (Å²) < 4.78 is 0. The van der Waals surface area contributed by atoms with Gasteiger partial charge in [0.15, 0.2) is 0 Å². The molecule has 0 saturated heterocycles. The fourth-order valence-electron chi connectivity index (χ4n) is 1.03. The Balaban J connectivity index is 2.65. The molecule has 0 aliphatic rings. The number of aliphatic hydroxyl groups excluding tert-OH is 2. The second-order valence-electron chi connectivity index (χ2n) is 3.80. The van der Waals surface area contributed by atoms with Crippen LogP contribution in [0.2, 0.25) is 0 Å². The van der Waals surface area contributed by atoms with Crippen LogP contribution >= 0.6 is 0 Å². The molecule has 6 N–H and O–H groups in total. The molecule has 1 heterocycles. The molecule has 17 heavy (non-hydrogen) atoms. The molecule has 0 saturated carbocycles. The molecular weight excluding hydrogens is 224 g/mol. The molecule has 0 fully saturated rings. The van der Waals surface area contributed by atoms with Crippen LogP contribution in [-0.2, 0) is 0 Å². The van der Waals surface area contributed by atoms with Crippen molar-refractivity contribution in [3.8, 4) is 0 Å². The Morgan fingerprint density at radius 3 is 1.76 bits per heavy atom. The zero-order chi connectivity index (χ0) is 12.8. The van der Waals surface area contributed by atoms with Crippen LogP contribution < -0.4 is 16.4 Å². The van der Waals surface area contributed by atoms with Gasteiger partial charge in [-0.2, -0.15) is 15.0 Å². The smallest absolute Gasteiger partial charge is 0.229 e. The van der Waals surface area contributed by atoms with Gasteiger partial charge >= 0.3 is 0 Å². The van der Waals surface area contributed by atoms with Gasteiger partial charge in [0, 0.05) is 13.1 Å². The number of rotatable bonds is 6. The van der Waals surface area contributed by atoms with Gasteiger partial charge in [-0.25, -0.2) is 0 Å². The lowest BCUT2D eigenvalue weighted by atomic mass is 10.4. The highest BCUT2D eigenvalue weighted by atomic mass is 16.3. The lowest BCUT2D eigenvalue weighted by Gasteiger charge is -2.10. The topological polar surface area (TPSA) is 129 Å². The van der Waals surface area contributed by atoms with Gasteiger partial charge < -0.3 is 26.6 Å². The molecular formula is C9H18N6O2. The molecule has 0 amide bonds. The van der Waals surface area contributed by atoms with Crippen molar-refractivity contribution in [1.82, 2.24) is 15.0 Å². The van der Waals surface area contributed by atoms with Crippen LogP contribution in [0, 0.1) is 0 Å². The summed E-state index contributed by atoms with van der Waals surface area (Å²) in [5, 5.41) is 23.9. The van der Waals surface area contributed by atoms with E-state index >= 15 is 0 Å². The maximum Gasteiger partial charge on any atom is 0.229 e. The largest absolute Gasteiger partial charge is 0.392 e. The molecule has 1 aromatic rings. The first kappa shape index (κ1) is 13.4. The van der Waals surface area contributed by atoms with Crippen molar-refractivity contribution in [2.75, 3.05) is 29.5 Å². The van der Waals surface area contributed by atoms with E-state index in [4.69, 9.17) is 15.9 Å². The van der Waals surface area contributed by atoms with Crippen molar-refractivity contribution in [1.29, 1.82) is 0 Å². The van der Waals surface area contributed by atoms with E-state index in [0.29, 0.717) is 13.1 Å². The minimum Gasteiger partial charge on any atom is -0.392 e. The maximum absolute atomic E-state index is 9.11. The summed E-state index contributed by atoms with van der Waals surface area (Å²) in [6.07, 6.45) is -1.02. The summed E-state index contributed by atoms with van der Waals surface area (Å²) in [4.78, 5) is 11.8. The second-order valence-corrected chi connectivity index (χ2v) is 3.80. The van der Waals surface area contributed by atoms with Gasteiger partial charge in [-0.1, -0.05) is 0 Å². The summed E-state index contributed by atoms with van der Waals surface area (Å²) in [6, 6.07) is 0. The normalized spacial score (nSPS) is 14.1. The van der Waals surface area contributed by atoms with Crippen LogP contribution in [0.5, 0.6) is 0 Å². The number of nitrogen functional groups attached to an aromatic ring is 1. The summed E-state index contributed by atoms with van der Waals surface area (Å²) in [5.41, 5.74) is 5.50. The lowest BCUT2D eigenvalue weighted by molar-refractivity contribution is 0.208. The number of nitrogens with one attached hydrogen (secondary N) is 2. The first-order valence-electron chi connectivity index (χ1n) is 5.33. The molecule has 8 nitrogen and oxygen atoms in total. The van der Waals surface area contributed by atoms with Gasteiger partial charge in [-0.15, -0.1) is 0 Å². The predicted octanol–water partition coefficient (Wildman–Crippen LogP) is -0.961. The number of aliphatic hydroxyl groups is 2. The zero-order valence-corrected chi connectivity index (χ0v) is 9.88. The Kier molecular flexibility index (Phi) is 4.85. The van der Waals surface area contributed by atoms with Gasteiger partial charge in [0.2, 0.25) is 17.8 Å². The number of aromatic nitrogens is 3. The fourth-order valence-corrected chi connectivity index (χ4v) is 1.03. The summed E-state index contributed by atoms with van der Waals surface area (Å²) >= 11 is 0. The molecule has 0 aliphatic carbocycles. The van der Waals surface area contributed by atoms with Gasteiger partial charge in [0.05, 0.1) is 12.2 Å². The number of nitrogens with zero attached hydrogens (tertiary/aromatic N) is 3. The van der Waals surface area contributed by atoms with E-state index in [1.807, 2.05) is 0 Å². The third kappa shape index (κ3) is 5.27. The Morgan fingerprint density at radius 2 is 1.41 bits per heavy atom. The van der Waals surface area contributed by atoms with E-state index in [1.165, 1.54) is 0 Å². The molecule has 96 valence electrons. The van der Waals surface area contributed by atoms with E-state index in [9.17, 15) is 0 Å². The van der Waals surface area contributed by atoms with E-state index in [1.54, 1.807) is 13.8 Å². The Labute approximate surface area is 99.3 Å². The number of nitrogens with two attached hydrogens (primary N) is 1. The van der Waals surface area contributed by atoms with Crippen molar-refractivity contribution in [3.63, 3.8) is 0 Å². The van der Waals surface area contributed by atoms with Crippen molar-refractivity contribution < 1.29 is 10.2 Å². The van der Waals surface area contributed by atoms with Crippen LogP contribution in [0.1, 0.15) is 13.8 Å². The minimum absolute atomic E-state index is 0.0705. The molecule has 1 aromatic heterocycles. The highest BCUT2D eigenvalue weighted by Gasteiger charge is 2.05. The van der Waals surface area contributed by atoms with Crippen LogP contribution in [-0.4, -0.2) is 50.5 Å². The van der Waals surface area contributed by atoms with Crippen molar-refractivity contribution in [2.45, 2.75) is 26.1 Å². The van der Waals surface area contributed by atoms with E-state index in [2.05, 4.69) is 25.6 Å². The van der Waals surface area contributed by atoms with Crippen LogP contribution in [0.3, 0.4) is 0 Å².